The first-order valence-electron chi connectivity index (χ1n) is 10.4. The first kappa shape index (κ1) is 20.1. The van der Waals surface area contributed by atoms with E-state index in [1.54, 1.807) is 23.2 Å². The maximum atomic E-state index is 13.0. The molecule has 29 heavy (non-hydrogen) atoms. The van der Waals surface area contributed by atoms with Crippen LogP contribution in [-0.4, -0.2) is 59.5 Å². The summed E-state index contributed by atoms with van der Waals surface area (Å²) in [6.07, 6.45) is 6.70. The van der Waals surface area contributed by atoms with E-state index in [9.17, 15) is 13.2 Å². The predicted molar refractivity (Wildman–Crippen MR) is 110 cm³/mol. The molecule has 1 aromatic carbocycles. The number of carbonyl (C=O) groups is 1. The van der Waals surface area contributed by atoms with E-state index >= 15 is 0 Å². The summed E-state index contributed by atoms with van der Waals surface area (Å²) in [7, 11) is -3.53. The lowest BCUT2D eigenvalue weighted by Crippen LogP contribution is -2.50. The van der Waals surface area contributed by atoms with Crippen LogP contribution in [0.5, 0.6) is 0 Å². The number of rotatable bonds is 5. The van der Waals surface area contributed by atoms with Crippen LogP contribution in [-0.2, 0) is 29.4 Å². The van der Waals surface area contributed by atoms with Crippen molar-refractivity contribution in [3.05, 3.63) is 47.3 Å². The number of piperazine rings is 1. The molecule has 0 unspecified atom stereocenters. The molecule has 0 bridgehead atoms. The third-order valence-corrected chi connectivity index (χ3v) is 7.75. The smallest absolute Gasteiger partial charge is 0.257 e. The van der Waals surface area contributed by atoms with Gasteiger partial charge in [-0.05, 0) is 43.4 Å². The number of hydrogen-bond acceptors (Lipinski definition) is 4. The molecule has 1 aromatic heterocycles. The molecule has 7 nitrogen and oxygen atoms in total. The van der Waals surface area contributed by atoms with Gasteiger partial charge in [-0.1, -0.05) is 25.5 Å². The molecule has 0 N–H and O–H groups in total. The minimum Gasteiger partial charge on any atom is -0.336 e. The van der Waals surface area contributed by atoms with Crippen molar-refractivity contribution in [2.24, 2.45) is 0 Å². The molecule has 0 atom stereocenters. The molecule has 156 valence electrons. The first-order chi connectivity index (χ1) is 14.0. The highest BCUT2D eigenvalue weighted by molar-refractivity contribution is 7.89. The van der Waals surface area contributed by atoms with E-state index < -0.39 is 10.0 Å². The zero-order chi connectivity index (χ0) is 20.4. The van der Waals surface area contributed by atoms with Gasteiger partial charge in [0.15, 0.2) is 0 Å². The normalized spacial score (nSPS) is 17.9. The lowest BCUT2D eigenvalue weighted by molar-refractivity contribution is 0.0696. The molecular formula is C21H28N4O3S. The lowest BCUT2D eigenvalue weighted by atomic mass is 10.1. The summed E-state index contributed by atoms with van der Waals surface area (Å²) >= 11 is 0. The molecule has 2 aliphatic heterocycles. The topological polar surface area (TPSA) is 75.5 Å². The van der Waals surface area contributed by atoms with Gasteiger partial charge in [0.25, 0.3) is 5.91 Å². The second-order valence-corrected chi connectivity index (χ2v) is 9.71. The fourth-order valence-corrected chi connectivity index (χ4v) is 5.59. The second kappa shape index (κ2) is 8.28. The number of carbonyl (C=O) groups excluding carboxylic acids is 1. The SMILES string of the molecule is CCCc1ccc(S(=O)(=O)N2CCN(C(=O)c3cnn4c3CCCC4)CC2)cc1. The van der Waals surface area contributed by atoms with Crippen molar-refractivity contribution < 1.29 is 13.2 Å². The van der Waals surface area contributed by atoms with E-state index in [0.29, 0.717) is 36.6 Å². The van der Waals surface area contributed by atoms with Crippen molar-refractivity contribution in [2.45, 2.75) is 50.5 Å². The van der Waals surface area contributed by atoms with Crippen LogP contribution in [0.25, 0.3) is 0 Å². The van der Waals surface area contributed by atoms with E-state index in [2.05, 4.69) is 12.0 Å². The summed E-state index contributed by atoms with van der Waals surface area (Å²) in [6, 6.07) is 7.16. The summed E-state index contributed by atoms with van der Waals surface area (Å²) in [5, 5.41) is 4.35. The second-order valence-electron chi connectivity index (χ2n) is 7.78. The van der Waals surface area contributed by atoms with Gasteiger partial charge in [0.2, 0.25) is 10.0 Å². The summed E-state index contributed by atoms with van der Waals surface area (Å²) in [5.41, 5.74) is 2.84. The summed E-state index contributed by atoms with van der Waals surface area (Å²) in [4.78, 5) is 15.0. The maximum Gasteiger partial charge on any atom is 0.257 e. The number of hydrogen-bond donors (Lipinski definition) is 0. The summed E-state index contributed by atoms with van der Waals surface area (Å²) < 4.78 is 29.3. The van der Waals surface area contributed by atoms with Gasteiger partial charge >= 0.3 is 0 Å². The highest BCUT2D eigenvalue weighted by Crippen LogP contribution is 2.22. The molecular weight excluding hydrogens is 388 g/mol. The van der Waals surface area contributed by atoms with Crippen molar-refractivity contribution in [3.8, 4) is 0 Å². The van der Waals surface area contributed by atoms with E-state index in [-0.39, 0.29) is 5.91 Å². The average molecular weight is 417 g/mol. The Morgan fingerprint density at radius 3 is 2.45 bits per heavy atom. The molecule has 0 radical (unpaired) electrons. The van der Waals surface area contributed by atoms with Crippen LogP contribution in [0.2, 0.25) is 0 Å². The Morgan fingerprint density at radius 1 is 1.03 bits per heavy atom. The molecule has 0 saturated carbocycles. The largest absolute Gasteiger partial charge is 0.336 e. The molecule has 3 heterocycles. The van der Waals surface area contributed by atoms with E-state index in [0.717, 1.165) is 49.9 Å². The third-order valence-electron chi connectivity index (χ3n) is 5.84. The number of aromatic nitrogens is 2. The van der Waals surface area contributed by atoms with Gasteiger partial charge in [0.05, 0.1) is 22.3 Å². The van der Waals surface area contributed by atoms with Crippen LogP contribution in [0, 0.1) is 0 Å². The molecule has 0 aliphatic carbocycles. The van der Waals surface area contributed by atoms with Crippen LogP contribution in [0.15, 0.2) is 35.4 Å². The van der Waals surface area contributed by atoms with Crippen LogP contribution < -0.4 is 0 Å². The van der Waals surface area contributed by atoms with Gasteiger partial charge < -0.3 is 4.90 Å². The van der Waals surface area contributed by atoms with Gasteiger partial charge in [0.1, 0.15) is 0 Å². The Hall–Kier alpha value is -2.19. The fourth-order valence-electron chi connectivity index (χ4n) is 4.17. The van der Waals surface area contributed by atoms with Gasteiger partial charge in [-0.2, -0.15) is 9.40 Å². The third kappa shape index (κ3) is 3.96. The molecule has 2 aliphatic rings. The molecule has 8 heteroatoms. The van der Waals surface area contributed by atoms with Gasteiger partial charge in [-0.15, -0.1) is 0 Å². The molecule has 1 fully saturated rings. The number of amides is 1. The molecule has 4 rings (SSSR count). The Morgan fingerprint density at radius 2 is 1.76 bits per heavy atom. The van der Waals surface area contributed by atoms with Crippen LogP contribution in [0.4, 0.5) is 0 Å². The van der Waals surface area contributed by atoms with Crippen LogP contribution in [0.1, 0.15) is 47.8 Å². The summed E-state index contributed by atoms with van der Waals surface area (Å²) in [5.74, 6) is -0.0332. The van der Waals surface area contributed by atoms with Crippen molar-refractivity contribution >= 4 is 15.9 Å². The van der Waals surface area contributed by atoms with Crippen molar-refractivity contribution in [1.29, 1.82) is 0 Å². The number of aryl methyl sites for hydroxylation is 2. The Labute approximate surface area is 172 Å². The number of sulfonamides is 1. The van der Waals surface area contributed by atoms with Gasteiger partial charge in [-0.3, -0.25) is 9.48 Å². The number of fused-ring (bicyclic) bond motifs is 1. The van der Waals surface area contributed by atoms with Crippen LogP contribution in [0.3, 0.4) is 0 Å². The molecule has 1 amide bonds. The minimum atomic E-state index is -3.53. The van der Waals surface area contributed by atoms with Gasteiger partial charge in [-0.25, -0.2) is 8.42 Å². The zero-order valence-electron chi connectivity index (χ0n) is 16.9. The highest BCUT2D eigenvalue weighted by atomic mass is 32.2. The zero-order valence-corrected chi connectivity index (χ0v) is 17.7. The van der Waals surface area contributed by atoms with Crippen molar-refractivity contribution in [3.63, 3.8) is 0 Å². The highest BCUT2D eigenvalue weighted by Gasteiger charge is 2.32. The molecule has 2 aromatic rings. The quantitative estimate of drug-likeness (QED) is 0.750. The molecule has 1 saturated heterocycles. The standard InChI is InChI=1S/C21H28N4O3S/c1-2-5-17-7-9-18(10-8-17)29(27,28)24-14-12-23(13-15-24)21(26)19-16-22-25-11-4-3-6-20(19)25/h7-10,16H,2-6,11-15H2,1H3. The first-order valence-corrected chi connectivity index (χ1v) is 11.9. The Kier molecular flexibility index (Phi) is 5.74. The van der Waals surface area contributed by atoms with Crippen molar-refractivity contribution in [2.75, 3.05) is 26.2 Å². The van der Waals surface area contributed by atoms with Gasteiger partial charge in [0, 0.05) is 32.7 Å². The lowest BCUT2D eigenvalue weighted by Gasteiger charge is -2.34. The number of benzene rings is 1. The van der Waals surface area contributed by atoms with E-state index in [1.807, 2.05) is 16.8 Å². The minimum absolute atomic E-state index is 0.0332. The fraction of sp³-hybridized carbons (Fsp3) is 0.524. The monoisotopic (exact) mass is 416 g/mol. The van der Waals surface area contributed by atoms with E-state index in [1.165, 1.54) is 4.31 Å². The summed E-state index contributed by atoms with van der Waals surface area (Å²) in [6.45, 7) is 4.40. The van der Waals surface area contributed by atoms with Crippen LogP contribution >= 0.6 is 0 Å². The van der Waals surface area contributed by atoms with E-state index in [4.69, 9.17) is 0 Å². The average Bonchev–Trinajstić information content (AvgIpc) is 3.18. The predicted octanol–water partition coefficient (Wildman–Crippen LogP) is 2.32. The molecule has 0 spiro atoms. The van der Waals surface area contributed by atoms with Crippen molar-refractivity contribution in [1.82, 2.24) is 19.0 Å². The number of nitrogens with zero attached hydrogens (tertiary/aromatic N) is 4. The Balaban J connectivity index is 1.42. The maximum absolute atomic E-state index is 13.0. The Bertz CT molecular complexity index is 974.